The van der Waals surface area contributed by atoms with Crippen molar-refractivity contribution in [2.24, 2.45) is 0 Å². The second kappa shape index (κ2) is 8.30. The van der Waals surface area contributed by atoms with Gasteiger partial charge in [0.25, 0.3) is 0 Å². The average Bonchev–Trinajstić information content (AvgIpc) is 3.08. The first-order valence-corrected chi connectivity index (χ1v) is 11.2. The molecule has 152 valence electrons. The van der Waals surface area contributed by atoms with Crippen LogP contribution in [-0.4, -0.2) is 37.6 Å². The van der Waals surface area contributed by atoms with E-state index in [0.29, 0.717) is 21.8 Å². The second-order valence-corrected chi connectivity index (χ2v) is 10.2. The Labute approximate surface area is 172 Å². The largest absolute Gasteiger partial charge is 0.465 e. The molecule has 29 heavy (non-hydrogen) atoms. The van der Waals surface area contributed by atoms with Crippen LogP contribution >= 0.6 is 11.3 Å². The van der Waals surface area contributed by atoms with Gasteiger partial charge in [-0.1, -0.05) is 23.5 Å². The molecule has 0 aliphatic carbocycles. The number of sulfone groups is 1. The van der Waals surface area contributed by atoms with Gasteiger partial charge >= 0.3 is 5.97 Å². The van der Waals surface area contributed by atoms with Gasteiger partial charge in [0, 0.05) is 0 Å². The van der Waals surface area contributed by atoms with Crippen molar-refractivity contribution in [3.05, 3.63) is 53.6 Å². The van der Waals surface area contributed by atoms with Crippen LogP contribution in [0.25, 0.3) is 10.2 Å². The van der Waals surface area contributed by atoms with Gasteiger partial charge in [0.05, 0.1) is 39.5 Å². The zero-order chi connectivity index (χ0) is 21.2. The molecule has 0 aliphatic heterocycles. The summed E-state index contributed by atoms with van der Waals surface area (Å²) in [6, 6.07) is 11.3. The SMILES string of the molecule is COC(=O)c1ccc2nc(NC(=O)Cc3ccc(S(=O)(=O)C(C)C)cc3)sc2c1. The number of benzene rings is 2. The number of esters is 1. The quantitative estimate of drug-likeness (QED) is 0.599. The van der Waals surface area contributed by atoms with Crippen LogP contribution in [0.3, 0.4) is 0 Å². The summed E-state index contributed by atoms with van der Waals surface area (Å²) < 4.78 is 29.8. The van der Waals surface area contributed by atoms with Gasteiger partial charge in [-0.15, -0.1) is 0 Å². The van der Waals surface area contributed by atoms with Gasteiger partial charge in [-0.25, -0.2) is 18.2 Å². The topological polar surface area (TPSA) is 102 Å². The smallest absolute Gasteiger partial charge is 0.337 e. The van der Waals surface area contributed by atoms with E-state index < -0.39 is 21.1 Å². The van der Waals surface area contributed by atoms with Crippen molar-refractivity contribution < 1.29 is 22.7 Å². The fourth-order valence-electron chi connectivity index (χ4n) is 2.64. The van der Waals surface area contributed by atoms with Crippen molar-refractivity contribution in [2.45, 2.75) is 30.4 Å². The monoisotopic (exact) mass is 432 g/mol. The van der Waals surface area contributed by atoms with E-state index >= 15 is 0 Å². The highest BCUT2D eigenvalue weighted by Gasteiger charge is 2.19. The molecule has 0 fully saturated rings. The normalized spacial score (nSPS) is 11.6. The number of nitrogens with one attached hydrogen (secondary N) is 1. The van der Waals surface area contributed by atoms with Gasteiger partial charge in [0.2, 0.25) is 5.91 Å². The number of carbonyl (C=O) groups is 2. The van der Waals surface area contributed by atoms with Gasteiger partial charge in [-0.05, 0) is 49.7 Å². The molecule has 1 amide bonds. The van der Waals surface area contributed by atoms with Gasteiger partial charge in [0.15, 0.2) is 15.0 Å². The Morgan fingerprint density at radius 3 is 2.45 bits per heavy atom. The molecule has 1 heterocycles. The molecular formula is C20H20N2O5S2. The number of fused-ring (bicyclic) bond motifs is 1. The van der Waals surface area contributed by atoms with Gasteiger partial charge < -0.3 is 10.1 Å². The first kappa shape index (κ1) is 20.9. The van der Waals surface area contributed by atoms with Gasteiger partial charge in [0.1, 0.15) is 0 Å². The summed E-state index contributed by atoms with van der Waals surface area (Å²) >= 11 is 1.26. The maximum Gasteiger partial charge on any atom is 0.337 e. The summed E-state index contributed by atoms with van der Waals surface area (Å²) in [4.78, 5) is 28.5. The van der Waals surface area contributed by atoms with Crippen molar-refractivity contribution >= 4 is 48.4 Å². The lowest BCUT2D eigenvalue weighted by Crippen LogP contribution is -2.15. The number of amides is 1. The summed E-state index contributed by atoms with van der Waals surface area (Å²) in [6.45, 7) is 3.26. The van der Waals surface area contributed by atoms with Gasteiger partial charge in [-0.3, -0.25) is 4.79 Å². The van der Waals surface area contributed by atoms with E-state index in [-0.39, 0.29) is 17.2 Å². The highest BCUT2D eigenvalue weighted by molar-refractivity contribution is 7.92. The Morgan fingerprint density at radius 2 is 1.83 bits per heavy atom. The van der Waals surface area contributed by atoms with Crippen LogP contribution in [0.15, 0.2) is 47.4 Å². The Hall–Kier alpha value is -2.78. The predicted octanol–water partition coefficient (Wildman–Crippen LogP) is 3.45. The molecule has 7 nitrogen and oxygen atoms in total. The molecule has 0 bridgehead atoms. The Bertz CT molecular complexity index is 1170. The molecule has 0 saturated carbocycles. The number of ether oxygens (including phenoxy) is 1. The van der Waals surface area contributed by atoms with E-state index in [2.05, 4.69) is 10.3 Å². The summed E-state index contributed by atoms with van der Waals surface area (Å²) in [5.41, 5.74) is 1.78. The standard InChI is InChI=1S/C20H20N2O5S2/c1-12(2)29(25,26)15-7-4-13(5-8-15)10-18(23)22-20-21-16-9-6-14(19(24)27-3)11-17(16)28-20/h4-9,11-12H,10H2,1-3H3,(H,21,22,23). The van der Waals surface area contributed by atoms with Crippen LogP contribution < -0.4 is 5.32 Å². The van der Waals surface area contributed by atoms with Crippen LogP contribution in [0.1, 0.15) is 29.8 Å². The first-order valence-electron chi connectivity index (χ1n) is 8.82. The predicted molar refractivity (Wildman–Crippen MR) is 112 cm³/mol. The van der Waals surface area contributed by atoms with Crippen LogP contribution in [0.5, 0.6) is 0 Å². The molecule has 2 aromatic carbocycles. The zero-order valence-electron chi connectivity index (χ0n) is 16.1. The molecule has 0 unspecified atom stereocenters. The van der Waals surface area contributed by atoms with Crippen molar-refractivity contribution in [1.29, 1.82) is 0 Å². The highest BCUT2D eigenvalue weighted by Crippen LogP contribution is 2.27. The Morgan fingerprint density at radius 1 is 1.14 bits per heavy atom. The number of nitrogens with zero attached hydrogens (tertiary/aromatic N) is 1. The third-order valence-electron chi connectivity index (χ3n) is 4.29. The van der Waals surface area contributed by atoms with Crippen LogP contribution in [0, 0.1) is 0 Å². The second-order valence-electron chi connectivity index (χ2n) is 6.66. The first-order chi connectivity index (χ1) is 13.7. The highest BCUT2D eigenvalue weighted by atomic mass is 32.2. The van der Waals surface area contributed by atoms with E-state index in [1.165, 1.54) is 30.6 Å². The molecule has 0 aliphatic rings. The van der Waals surface area contributed by atoms with E-state index in [9.17, 15) is 18.0 Å². The lowest BCUT2D eigenvalue weighted by Gasteiger charge is -2.08. The van der Waals surface area contributed by atoms with Crippen molar-refractivity contribution in [3.8, 4) is 0 Å². The van der Waals surface area contributed by atoms with Crippen molar-refractivity contribution in [2.75, 3.05) is 12.4 Å². The molecule has 3 rings (SSSR count). The number of anilines is 1. The molecule has 0 radical (unpaired) electrons. The number of rotatable bonds is 6. The van der Waals surface area contributed by atoms with E-state index in [4.69, 9.17) is 4.74 Å². The van der Waals surface area contributed by atoms with Crippen molar-refractivity contribution in [1.82, 2.24) is 4.98 Å². The molecule has 0 saturated heterocycles. The van der Waals surface area contributed by atoms with Crippen LogP contribution in [0.2, 0.25) is 0 Å². The Kier molecular flexibility index (Phi) is 5.99. The molecule has 9 heteroatoms. The minimum atomic E-state index is -3.34. The number of methoxy groups -OCH3 is 1. The zero-order valence-corrected chi connectivity index (χ0v) is 17.8. The summed E-state index contributed by atoms with van der Waals surface area (Å²) in [6.07, 6.45) is 0.0886. The van der Waals surface area contributed by atoms with E-state index in [1.54, 1.807) is 44.2 Å². The number of thiazole rings is 1. The maximum absolute atomic E-state index is 12.3. The molecule has 0 atom stereocenters. The number of hydrogen-bond acceptors (Lipinski definition) is 7. The molecular weight excluding hydrogens is 412 g/mol. The Balaban J connectivity index is 1.70. The van der Waals surface area contributed by atoms with Crippen LogP contribution in [-0.2, 0) is 25.8 Å². The number of hydrogen-bond donors (Lipinski definition) is 1. The average molecular weight is 433 g/mol. The third kappa shape index (κ3) is 4.63. The van der Waals surface area contributed by atoms with E-state index in [1.807, 2.05) is 0 Å². The number of aromatic nitrogens is 1. The lowest BCUT2D eigenvalue weighted by molar-refractivity contribution is -0.115. The molecule has 0 spiro atoms. The number of carbonyl (C=O) groups excluding carboxylic acids is 2. The van der Waals surface area contributed by atoms with Crippen molar-refractivity contribution in [3.63, 3.8) is 0 Å². The summed E-state index contributed by atoms with van der Waals surface area (Å²) in [5.74, 6) is -0.703. The molecule has 3 aromatic rings. The van der Waals surface area contributed by atoms with Crippen LogP contribution in [0.4, 0.5) is 5.13 Å². The fraction of sp³-hybridized carbons (Fsp3) is 0.250. The molecule has 1 N–H and O–H groups in total. The lowest BCUT2D eigenvalue weighted by atomic mass is 10.1. The summed E-state index contributed by atoms with van der Waals surface area (Å²) in [7, 11) is -2.02. The minimum Gasteiger partial charge on any atom is -0.465 e. The van der Waals surface area contributed by atoms with E-state index in [0.717, 1.165) is 4.70 Å². The molecule has 1 aromatic heterocycles. The van der Waals surface area contributed by atoms with Gasteiger partial charge in [-0.2, -0.15) is 0 Å². The maximum atomic E-state index is 12.3. The summed E-state index contributed by atoms with van der Waals surface area (Å²) in [5, 5.41) is 2.66. The minimum absolute atomic E-state index is 0.0886. The fourth-order valence-corrected chi connectivity index (χ4v) is 4.62. The third-order valence-corrected chi connectivity index (χ3v) is 7.40.